The fraction of sp³-hybridized carbons (Fsp3) is 0. The number of fused-ring (bicyclic) bond motifs is 9. The molecule has 0 atom stereocenters. The van der Waals surface area contributed by atoms with Crippen LogP contribution in [0.15, 0.2) is 255 Å². The van der Waals surface area contributed by atoms with E-state index in [0.717, 1.165) is 44.7 Å². The number of aromatic nitrogens is 4. The van der Waals surface area contributed by atoms with Crippen molar-refractivity contribution in [1.29, 1.82) is 0 Å². The van der Waals surface area contributed by atoms with E-state index in [9.17, 15) is 0 Å². The van der Waals surface area contributed by atoms with E-state index in [1.54, 1.807) is 0 Å². The van der Waals surface area contributed by atoms with E-state index in [4.69, 9.17) is 9.97 Å². The Labute approximate surface area is 409 Å². The average molecular weight is 927 g/mol. The first kappa shape index (κ1) is 40.4. The molecule has 4 nitrogen and oxygen atoms in total. The van der Waals surface area contributed by atoms with Gasteiger partial charge in [0.05, 0.1) is 27.8 Å². The van der Waals surface area contributed by atoms with Gasteiger partial charge >= 0.3 is 0 Å². The molecule has 10 aromatic carbocycles. The van der Waals surface area contributed by atoms with Gasteiger partial charge in [-0.3, -0.25) is 4.57 Å². The van der Waals surface area contributed by atoms with Gasteiger partial charge in [0.15, 0.2) is 13.9 Å². The fourth-order valence-corrected chi connectivity index (χ4v) is 17.2. The number of hydrogen-bond donors (Lipinski definition) is 0. The van der Waals surface area contributed by atoms with Crippen molar-refractivity contribution in [2.75, 3.05) is 0 Å². The Kier molecular flexibility index (Phi) is 9.37. The van der Waals surface area contributed by atoms with E-state index < -0.39 is 8.07 Å². The summed E-state index contributed by atoms with van der Waals surface area (Å²) in [5.41, 5.74) is 8.59. The zero-order valence-corrected chi connectivity index (χ0v) is 39.8. The lowest BCUT2D eigenvalue weighted by atomic mass is 10.1. The van der Waals surface area contributed by atoms with Crippen LogP contribution in [0.1, 0.15) is 0 Å². The van der Waals surface area contributed by atoms with Crippen molar-refractivity contribution in [1.82, 2.24) is 19.1 Å². The third-order valence-electron chi connectivity index (χ3n) is 14.3. The summed E-state index contributed by atoms with van der Waals surface area (Å²) in [6.07, 6.45) is 0. The summed E-state index contributed by atoms with van der Waals surface area (Å²) in [7, 11) is -2.74. The second-order valence-corrected chi connectivity index (χ2v) is 22.9. The molecule has 70 heavy (non-hydrogen) atoms. The topological polar surface area (TPSA) is 35.6 Å². The molecule has 0 bridgehead atoms. The van der Waals surface area contributed by atoms with E-state index in [-0.39, 0.29) is 0 Å². The molecule has 0 N–H and O–H groups in total. The first-order valence-corrected chi connectivity index (χ1v) is 26.6. The maximum atomic E-state index is 5.58. The molecule has 0 aliphatic heterocycles. The van der Waals surface area contributed by atoms with Crippen LogP contribution >= 0.6 is 11.3 Å². The Hall–Kier alpha value is -8.68. The van der Waals surface area contributed by atoms with Crippen LogP contribution in [0.25, 0.3) is 97.9 Å². The zero-order valence-electron chi connectivity index (χ0n) is 37.9. The average Bonchev–Trinajstić information content (AvgIpc) is 4.10. The predicted octanol–water partition coefficient (Wildman–Crippen LogP) is 13.8. The molecule has 14 aromatic rings. The van der Waals surface area contributed by atoms with Gasteiger partial charge in [-0.1, -0.05) is 200 Å². The first-order chi connectivity index (χ1) is 34.7. The van der Waals surface area contributed by atoms with Gasteiger partial charge < -0.3 is 4.57 Å². The van der Waals surface area contributed by atoms with Crippen molar-refractivity contribution in [2.45, 2.75) is 0 Å². The molecular weight excluding hydrogens is 885 g/mol. The number of rotatable bonds is 8. The molecule has 0 unspecified atom stereocenters. The first-order valence-electron chi connectivity index (χ1n) is 23.8. The highest BCUT2D eigenvalue weighted by atomic mass is 32.1. The van der Waals surface area contributed by atoms with E-state index in [2.05, 4.69) is 264 Å². The number of para-hydroxylation sites is 3. The van der Waals surface area contributed by atoms with Gasteiger partial charge in [-0.15, -0.1) is 11.3 Å². The van der Waals surface area contributed by atoms with Crippen LogP contribution in [0.3, 0.4) is 0 Å². The van der Waals surface area contributed by atoms with E-state index in [0.29, 0.717) is 5.82 Å². The van der Waals surface area contributed by atoms with Crippen molar-refractivity contribution in [3.63, 3.8) is 0 Å². The molecule has 328 valence electrons. The van der Waals surface area contributed by atoms with Crippen LogP contribution in [-0.2, 0) is 0 Å². The van der Waals surface area contributed by atoms with Crippen molar-refractivity contribution >= 4 is 104 Å². The Balaban J connectivity index is 0.996. The highest BCUT2D eigenvalue weighted by Crippen LogP contribution is 2.41. The number of benzene rings is 10. The number of thiophene rings is 1. The Morgan fingerprint density at radius 1 is 0.343 bits per heavy atom. The third-order valence-corrected chi connectivity index (χ3v) is 20.3. The van der Waals surface area contributed by atoms with Gasteiger partial charge in [0, 0.05) is 64.6 Å². The maximum Gasteiger partial charge on any atom is 0.179 e. The molecule has 14 rings (SSSR count). The Morgan fingerprint density at radius 2 is 0.829 bits per heavy atom. The largest absolute Gasteiger partial charge is 0.309 e. The van der Waals surface area contributed by atoms with Crippen molar-refractivity contribution < 1.29 is 0 Å². The summed E-state index contributed by atoms with van der Waals surface area (Å²) in [5.74, 6) is 1.52. The molecule has 0 aliphatic carbocycles. The Morgan fingerprint density at radius 3 is 1.44 bits per heavy atom. The van der Waals surface area contributed by atoms with Crippen LogP contribution in [0.4, 0.5) is 0 Å². The lowest BCUT2D eigenvalue weighted by Crippen LogP contribution is -2.74. The minimum atomic E-state index is -2.74. The molecule has 0 saturated heterocycles. The van der Waals surface area contributed by atoms with E-state index >= 15 is 0 Å². The number of hydrogen-bond acceptors (Lipinski definition) is 3. The molecule has 0 spiro atoms. The normalized spacial score (nSPS) is 12.0. The monoisotopic (exact) mass is 926 g/mol. The van der Waals surface area contributed by atoms with Crippen LogP contribution in [0.2, 0.25) is 0 Å². The zero-order chi connectivity index (χ0) is 46.2. The summed E-state index contributed by atoms with van der Waals surface area (Å²) >= 11 is 1.81. The summed E-state index contributed by atoms with van der Waals surface area (Å²) in [5, 5.41) is 12.6. The smallest absolute Gasteiger partial charge is 0.179 e. The lowest BCUT2D eigenvalue weighted by Gasteiger charge is -2.34. The van der Waals surface area contributed by atoms with Crippen LogP contribution < -0.4 is 20.7 Å². The molecule has 0 aliphatic rings. The maximum absolute atomic E-state index is 5.58. The van der Waals surface area contributed by atoms with Crippen LogP contribution in [-0.4, -0.2) is 27.2 Å². The quantitative estimate of drug-likeness (QED) is 0.112. The molecule has 4 heterocycles. The molecule has 4 aromatic heterocycles. The van der Waals surface area contributed by atoms with Gasteiger partial charge in [-0.25, -0.2) is 9.97 Å². The highest BCUT2D eigenvalue weighted by Gasteiger charge is 2.41. The van der Waals surface area contributed by atoms with E-state index in [1.165, 1.54) is 68.1 Å². The van der Waals surface area contributed by atoms with Gasteiger partial charge in [0.1, 0.15) is 5.82 Å². The van der Waals surface area contributed by atoms with Gasteiger partial charge in [-0.05, 0) is 69.3 Å². The van der Waals surface area contributed by atoms with Crippen molar-refractivity contribution in [2.24, 2.45) is 0 Å². The summed E-state index contributed by atoms with van der Waals surface area (Å²) in [6.45, 7) is 0. The molecule has 0 radical (unpaired) electrons. The second-order valence-electron chi connectivity index (χ2n) is 18.1. The minimum absolute atomic E-state index is 0.697. The molecular formula is C64H42N4SSi. The second kappa shape index (κ2) is 16.2. The standard InChI is InChI=1S/C64H42N4SSi/c1-4-19-45(20-5-1)70(46-21-6-2-7-22-46,47-23-8-3-9-24-47)48-38-35-43(36-39-48)56-42-62(66-64(65-56)54-30-18-29-53-52-28-13-17-34-61(52)69-63(53)54)68-59-33-16-12-27-51(59)55-41-44(37-40-60(55)68)67-57-31-14-10-25-49(57)50-26-11-15-32-58(50)67/h1-42H. The molecule has 0 amide bonds. The molecule has 0 saturated carbocycles. The lowest BCUT2D eigenvalue weighted by molar-refractivity contribution is 1.05. The minimum Gasteiger partial charge on any atom is -0.309 e. The number of nitrogens with zero attached hydrogens (tertiary/aromatic N) is 4. The van der Waals surface area contributed by atoms with Gasteiger partial charge in [0.2, 0.25) is 0 Å². The van der Waals surface area contributed by atoms with E-state index in [1.807, 2.05) is 11.3 Å². The van der Waals surface area contributed by atoms with Crippen LogP contribution in [0, 0.1) is 0 Å². The summed E-state index contributed by atoms with van der Waals surface area (Å²) in [4.78, 5) is 11.1. The van der Waals surface area contributed by atoms with Crippen molar-refractivity contribution in [3.8, 4) is 34.2 Å². The van der Waals surface area contributed by atoms with Crippen LogP contribution in [0.5, 0.6) is 0 Å². The third kappa shape index (κ3) is 6.20. The van der Waals surface area contributed by atoms with Crippen molar-refractivity contribution in [3.05, 3.63) is 255 Å². The van der Waals surface area contributed by atoms with Gasteiger partial charge in [-0.2, -0.15) is 0 Å². The summed E-state index contributed by atoms with van der Waals surface area (Å²) < 4.78 is 7.18. The molecule has 6 heteroatoms. The SMILES string of the molecule is c1ccc([Si](c2ccccc2)(c2ccccc2)c2ccc(-c3cc(-n4c5ccccc5c5cc(-n6c7ccccc7c7ccccc76)ccc54)nc(-c4cccc5c4sc4ccccc45)n3)cc2)cc1. The summed E-state index contributed by atoms with van der Waals surface area (Å²) in [6, 6.07) is 93.1. The fourth-order valence-electron chi connectivity index (χ4n) is 11.2. The molecule has 0 fully saturated rings. The highest BCUT2D eigenvalue weighted by molar-refractivity contribution is 7.26. The predicted molar refractivity (Wildman–Crippen MR) is 298 cm³/mol. The Bertz CT molecular complexity index is 4140. The van der Waals surface area contributed by atoms with Gasteiger partial charge in [0.25, 0.3) is 0 Å².